The Morgan fingerprint density at radius 2 is 1.73 bits per heavy atom. The van der Waals surface area contributed by atoms with Crippen LogP contribution in [0.1, 0.15) is 16.1 Å². The molecule has 0 aliphatic rings. The number of hydrogen-bond acceptors (Lipinski definition) is 6. The maximum Gasteiger partial charge on any atom is 0.573 e. The van der Waals surface area contributed by atoms with E-state index in [1.807, 2.05) is 31.2 Å². The van der Waals surface area contributed by atoms with Crippen LogP contribution in [0.15, 0.2) is 53.9 Å². The summed E-state index contributed by atoms with van der Waals surface area (Å²) >= 11 is 1.27. The van der Waals surface area contributed by atoms with E-state index in [-0.39, 0.29) is 11.4 Å². The van der Waals surface area contributed by atoms with Crippen LogP contribution in [0.25, 0.3) is 10.6 Å². The summed E-state index contributed by atoms with van der Waals surface area (Å²) in [5, 5.41) is 4.59. The van der Waals surface area contributed by atoms with E-state index in [9.17, 15) is 22.8 Å². The molecule has 1 amide bonds. The number of alkyl halides is 3. The molecule has 1 aromatic heterocycles. The van der Waals surface area contributed by atoms with Crippen LogP contribution in [0.5, 0.6) is 5.75 Å². The minimum Gasteiger partial charge on any atom is -0.451 e. The van der Waals surface area contributed by atoms with E-state index in [0.29, 0.717) is 5.01 Å². The Kier molecular flexibility index (Phi) is 6.36. The molecule has 2 aromatic carbocycles. The lowest BCUT2D eigenvalue weighted by Gasteiger charge is -2.10. The number of aromatic nitrogens is 1. The summed E-state index contributed by atoms with van der Waals surface area (Å²) in [5.41, 5.74) is 2.27. The predicted molar refractivity (Wildman–Crippen MR) is 104 cm³/mol. The van der Waals surface area contributed by atoms with Crippen molar-refractivity contribution in [3.05, 3.63) is 65.2 Å². The number of esters is 1. The van der Waals surface area contributed by atoms with Crippen LogP contribution >= 0.6 is 11.3 Å². The van der Waals surface area contributed by atoms with Gasteiger partial charge in [0.2, 0.25) is 0 Å². The molecule has 0 saturated carbocycles. The van der Waals surface area contributed by atoms with E-state index in [1.165, 1.54) is 28.8 Å². The van der Waals surface area contributed by atoms with Crippen LogP contribution in [-0.4, -0.2) is 29.8 Å². The van der Waals surface area contributed by atoms with Crippen LogP contribution in [0, 0.1) is 6.92 Å². The van der Waals surface area contributed by atoms with Gasteiger partial charge in [0.15, 0.2) is 12.3 Å². The Morgan fingerprint density at radius 1 is 1.07 bits per heavy atom. The molecular formula is C20H15F3N2O4S. The number of thiazole rings is 1. The Hall–Kier alpha value is -3.40. The van der Waals surface area contributed by atoms with E-state index in [4.69, 9.17) is 4.74 Å². The lowest BCUT2D eigenvalue weighted by Crippen LogP contribution is -2.21. The van der Waals surface area contributed by atoms with Crippen molar-refractivity contribution in [1.82, 2.24) is 4.98 Å². The number of ether oxygens (including phenoxy) is 2. The van der Waals surface area contributed by atoms with Crippen molar-refractivity contribution in [3.8, 4) is 16.3 Å². The van der Waals surface area contributed by atoms with Gasteiger partial charge in [0.05, 0.1) is 0 Å². The summed E-state index contributed by atoms with van der Waals surface area (Å²) < 4.78 is 45.1. The van der Waals surface area contributed by atoms with Crippen molar-refractivity contribution >= 4 is 28.9 Å². The smallest absolute Gasteiger partial charge is 0.451 e. The number of halogens is 3. The van der Waals surface area contributed by atoms with Crippen LogP contribution in [0.4, 0.5) is 18.9 Å². The molecule has 1 heterocycles. The predicted octanol–water partition coefficient (Wildman–Crippen LogP) is 4.81. The van der Waals surface area contributed by atoms with E-state index in [1.54, 1.807) is 0 Å². The minimum atomic E-state index is -4.80. The van der Waals surface area contributed by atoms with Crippen LogP contribution < -0.4 is 10.1 Å². The first-order valence-corrected chi connectivity index (χ1v) is 9.43. The van der Waals surface area contributed by atoms with Crippen molar-refractivity contribution in [2.75, 3.05) is 11.9 Å². The lowest BCUT2D eigenvalue weighted by atomic mass is 10.2. The topological polar surface area (TPSA) is 77.5 Å². The Morgan fingerprint density at radius 3 is 2.37 bits per heavy atom. The maximum atomic E-state index is 12.1. The molecule has 0 bridgehead atoms. The molecule has 0 spiro atoms. The zero-order valence-electron chi connectivity index (χ0n) is 15.5. The van der Waals surface area contributed by atoms with Gasteiger partial charge in [0.25, 0.3) is 5.91 Å². The molecule has 3 rings (SSSR count). The van der Waals surface area contributed by atoms with Gasteiger partial charge in [-0.05, 0) is 31.2 Å². The summed E-state index contributed by atoms with van der Waals surface area (Å²) in [7, 11) is 0. The second-order valence-electron chi connectivity index (χ2n) is 6.10. The molecule has 30 heavy (non-hydrogen) atoms. The molecule has 10 heteroatoms. The third-order valence-electron chi connectivity index (χ3n) is 3.72. The monoisotopic (exact) mass is 436 g/mol. The zero-order chi connectivity index (χ0) is 21.7. The first kappa shape index (κ1) is 21.3. The fraction of sp³-hybridized carbons (Fsp3) is 0.150. The second-order valence-corrected chi connectivity index (χ2v) is 6.96. The van der Waals surface area contributed by atoms with Crippen LogP contribution in [0.2, 0.25) is 0 Å². The van der Waals surface area contributed by atoms with Gasteiger partial charge >= 0.3 is 12.3 Å². The van der Waals surface area contributed by atoms with Gasteiger partial charge < -0.3 is 14.8 Å². The van der Waals surface area contributed by atoms with Gasteiger partial charge in [0.1, 0.15) is 10.8 Å². The minimum absolute atomic E-state index is 0.0806. The van der Waals surface area contributed by atoms with Gasteiger partial charge in [-0.15, -0.1) is 24.5 Å². The van der Waals surface area contributed by atoms with Crippen LogP contribution in [0.3, 0.4) is 0 Å². The van der Waals surface area contributed by atoms with Gasteiger partial charge in [0, 0.05) is 16.6 Å². The number of anilines is 1. The summed E-state index contributed by atoms with van der Waals surface area (Å²) in [5.74, 6) is -1.82. The lowest BCUT2D eigenvalue weighted by molar-refractivity contribution is -0.274. The summed E-state index contributed by atoms with van der Waals surface area (Å²) in [4.78, 5) is 28.2. The number of nitrogens with one attached hydrogen (secondary N) is 1. The van der Waals surface area contributed by atoms with Gasteiger partial charge in [-0.1, -0.05) is 29.8 Å². The number of benzene rings is 2. The number of aryl methyl sites for hydroxylation is 1. The molecule has 6 nitrogen and oxygen atoms in total. The Labute approximate surface area is 173 Å². The molecule has 0 aliphatic heterocycles. The quantitative estimate of drug-likeness (QED) is 0.561. The molecule has 0 radical (unpaired) electrons. The molecule has 0 fully saturated rings. The Bertz CT molecular complexity index is 1030. The highest BCUT2D eigenvalue weighted by Crippen LogP contribution is 2.25. The standard InChI is InChI=1S/C20H15F3N2O4S/c1-12-2-4-13(5-3-12)18-25-16(11-30-18)19(27)28-10-17(26)24-14-6-8-15(9-7-14)29-20(21,22)23/h2-9,11H,10H2,1H3,(H,24,26). The average molecular weight is 436 g/mol. The number of rotatable bonds is 6. The molecule has 0 aliphatic carbocycles. The summed E-state index contributed by atoms with van der Waals surface area (Å²) in [6.45, 7) is 1.39. The fourth-order valence-corrected chi connectivity index (χ4v) is 3.13. The summed E-state index contributed by atoms with van der Waals surface area (Å²) in [6, 6.07) is 12.2. The van der Waals surface area contributed by atoms with Crippen molar-refractivity contribution in [2.45, 2.75) is 13.3 Å². The maximum absolute atomic E-state index is 12.1. The van der Waals surface area contributed by atoms with Gasteiger partial charge in [-0.3, -0.25) is 4.79 Å². The number of hydrogen-bond donors (Lipinski definition) is 1. The highest BCUT2D eigenvalue weighted by molar-refractivity contribution is 7.13. The molecule has 3 aromatic rings. The average Bonchev–Trinajstić information content (AvgIpc) is 3.17. The number of carbonyl (C=O) groups excluding carboxylic acids is 2. The number of nitrogens with zero attached hydrogens (tertiary/aromatic N) is 1. The molecule has 1 N–H and O–H groups in total. The third kappa shape index (κ3) is 6.05. The summed E-state index contributed by atoms with van der Waals surface area (Å²) in [6.07, 6.45) is -4.80. The van der Waals surface area contributed by atoms with E-state index in [0.717, 1.165) is 23.3 Å². The first-order chi connectivity index (χ1) is 14.2. The van der Waals surface area contributed by atoms with Crippen molar-refractivity contribution in [3.63, 3.8) is 0 Å². The molecule has 0 atom stereocenters. The van der Waals surface area contributed by atoms with Crippen molar-refractivity contribution in [2.24, 2.45) is 0 Å². The SMILES string of the molecule is Cc1ccc(-c2nc(C(=O)OCC(=O)Nc3ccc(OC(F)(F)F)cc3)cs2)cc1. The van der Waals surface area contributed by atoms with Gasteiger partial charge in [-0.2, -0.15) is 0 Å². The largest absolute Gasteiger partial charge is 0.573 e. The van der Waals surface area contributed by atoms with E-state index < -0.39 is 30.6 Å². The van der Waals surface area contributed by atoms with Crippen LogP contribution in [-0.2, 0) is 9.53 Å². The highest BCUT2D eigenvalue weighted by atomic mass is 32.1. The Balaban J connectivity index is 1.51. The molecular weight excluding hydrogens is 421 g/mol. The molecule has 0 saturated heterocycles. The van der Waals surface area contributed by atoms with E-state index >= 15 is 0 Å². The van der Waals surface area contributed by atoms with Crippen molar-refractivity contribution < 1.29 is 32.2 Å². The fourth-order valence-electron chi connectivity index (χ4n) is 2.34. The number of carbonyl (C=O) groups is 2. The molecule has 0 unspecified atom stereocenters. The zero-order valence-corrected chi connectivity index (χ0v) is 16.3. The molecule has 156 valence electrons. The van der Waals surface area contributed by atoms with Gasteiger partial charge in [-0.25, -0.2) is 9.78 Å². The van der Waals surface area contributed by atoms with Crippen molar-refractivity contribution in [1.29, 1.82) is 0 Å². The second kappa shape index (κ2) is 8.95. The highest BCUT2D eigenvalue weighted by Gasteiger charge is 2.31. The number of amides is 1. The van der Waals surface area contributed by atoms with E-state index in [2.05, 4.69) is 15.0 Å². The first-order valence-electron chi connectivity index (χ1n) is 8.55. The normalized spacial score (nSPS) is 11.1. The third-order valence-corrected chi connectivity index (χ3v) is 4.61.